The van der Waals surface area contributed by atoms with Crippen LogP contribution in [0.15, 0.2) is 60.7 Å². The SMILES string of the molecule is COc1c2cc(c(OC(C)=O)c1OC)C(=O)O2.Cc1ccc(C(CCc2ccccc2)C(=O)N2CCSCC2)cc1. The molecule has 0 saturated carbocycles. The third-order valence-electron chi connectivity index (χ3n) is 6.90. The van der Waals surface area contributed by atoms with Gasteiger partial charge in [0.15, 0.2) is 11.5 Å². The van der Waals surface area contributed by atoms with E-state index >= 15 is 0 Å². The number of rotatable bonds is 8. The molecule has 216 valence electrons. The lowest BCUT2D eigenvalue weighted by Crippen LogP contribution is -2.41. The first-order chi connectivity index (χ1) is 19.8. The van der Waals surface area contributed by atoms with Crippen LogP contribution in [0, 0.1) is 6.92 Å². The number of hydrogen-bond donors (Lipinski definition) is 0. The highest BCUT2D eigenvalue weighted by molar-refractivity contribution is 7.99. The Hall–Kier alpha value is -3.98. The third-order valence-corrected chi connectivity index (χ3v) is 7.84. The maximum Gasteiger partial charge on any atom is 0.347 e. The van der Waals surface area contributed by atoms with Crippen molar-refractivity contribution in [1.29, 1.82) is 0 Å². The fraction of sp³-hybridized carbons (Fsp3) is 0.344. The molecule has 2 heterocycles. The number of thioether (sulfide) groups is 1. The van der Waals surface area contributed by atoms with E-state index < -0.39 is 11.9 Å². The lowest BCUT2D eigenvalue weighted by Gasteiger charge is -2.30. The molecule has 9 heteroatoms. The summed E-state index contributed by atoms with van der Waals surface area (Å²) >= 11 is 1.94. The number of hydrogen-bond acceptors (Lipinski definition) is 8. The molecule has 3 aromatic rings. The van der Waals surface area contributed by atoms with E-state index in [1.54, 1.807) is 0 Å². The average molecular weight is 578 g/mol. The minimum absolute atomic E-state index is 0.0168. The molecule has 0 spiro atoms. The van der Waals surface area contributed by atoms with Gasteiger partial charge in [-0.1, -0.05) is 60.2 Å². The predicted molar refractivity (Wildman–Crippen MR) is 158 cm³/mol. The smallest absolute Gasteiger partial charge is 0.347 e. The van der Waals surface area contributed by atoms with Gasteiger partial charge in [0.2, 0.25) is 17.4 Å². The number of nitrogens with zero attached hydrogens (tertiary/aromatic N) is 1. The van der Waals surface area contributed by atoms with Gasteiger partial charge in [0.1, 0.15) is 5.56 Å². The monoisotopic (exact) mass is 577 g/mol. The Morgan fingerprint density at radius 2 is 1.61 bits per heavy atom. The number of methoxy groups -OCH3 is 2. The Balaban J connectivity index is 0.000000201. The van der Waals surface area contributed by atoms with Crippen molar-refractivity contribution < 1.29 is 33.3 Å². The van der Waals surface area contributed by atoms with E-state index in [9.17, 15) is 14.4 Å². The summed E-state index contributed by atoms with van der Waals surface area (Å²) in [6.07, 6.45) is 1.81. The number of aryl methyl sites for hydroxylation is 2. The van der Waals surface area contributed by atoms with Gasteiger partial charge in [0.25, 0.3) is 0 Å². The third kappa shape index (κ3) is 7.41. The minimum atomic E-state index is -0.599. The zero-order chi connectivity index (χ0) is 29.4. The molecule has 0 N–H and O–H groups in total. The topological polar surface area (TPSA) is 91.4 Å². The fourth-order valence-corrected chi connectivity index (χ4v) is 5.70. The second kappa shape index (κ2) is 14.1. The van der Waals surface area contributed by atoms with Gasteiger partial charge in [0, 0.05) is 37.6 Å². The van der Waals surface area contributed by atoms with Gasteiger partial charge in [-0.15, -0.1) is 0 Å². The van der Waals surface area contributed by atoms with Crippen molar-refractivity contribution in [2.75, 3.05) is 38.8 Å². The summed E-state index contributed by atoms with van der Waals surface area (Å²) in [5.74, 6) is 1.88. The molecule has 0 aromatic heterocycles. The second-order valence-corrected chi connectivity index (χ2v) is 11.0. The quantitative estimate of drug-likeness (QED) is 0.258. The molecule has 1 amide bonds. The Labute approximate surface area is 244 Å². The number of amides is 1. The lowest BCUT2D eigenvalue weighted by atomic mass is 9.90. The van der Waals surface area contributed by atoms with Gasteiger partial charge >= 0.3 is 11.9 Å². The molecule has 2 bridgehead atoms. The summed E-state index contributed by atoms with van der Waals surface area (Å²) in [6.45, 7) is 5.09. The molecule has 2 aliphatic rings. The summed E-state index contributed by atoms with van der Waals surface area (Å²) in [5, 5.41) is 0. The zero-order valence-corrected chi connectivity index (χ0v) is 24.6. The van der Waals surface area contributed by atoms with Crippen molar-refractivity contribution in [3.8, 4) is 23.0 Å². The summed E-state index contributed by atoms with van der Waals surface area (Å²) in [5.41, 5.74) is 3.84. The molecule has 2 aliphatic heterocycles. The van der Waals surface area contributed by atoms with Crippen LogP contribution in [0.1, 0.15) is 46.3 Å². The van der Waals surface area contributed by atoms with Crippen LogP contribution in [-0.4, -0.2) is 61.6 Å². The van der Waals surface area contributed by atoms with Crippen LogP contribution >= 0.6 is 11.8 Å². The summed E-state index contributed by atoms with van der Waals surface area (Å²) in [7, 11) is 2.78. The van der Waals surface area contributed by atoms with Gasteiger partial charge in [0.05, 0.1) is 20.1 Å². The number of carbonyl (C=O) groups excluding carboxylic acids is 3. The zero-order valence-electron chi connectivity index (χ0n) is 23.8. The molecular formula is C32H35NO7S. The predicted octanol–water partition coefficient (Wildman–Crippen LogP) is 5.45. The van der Waals surface area contributed by atoms with E-state index in [2.05, 4.69) is 60.4 Å². The molecule has 1 saturated heterocycles. The first-order valence-corrected chi connectivity index (χ1v) is 14.6. The molecular weight excluding hydrogens is 542 g/mol. The van der Waals surface area contributed by atoms with E-state index in [0.717, 1.165) is 43.0 Å². The normalized spacial score (nSPS) is 14.3. The van der Waals surface area contributed by atoms with E-state index in [1.165, 1.54) is 38.3 Å². The summed E-state index contributed by atoms with van der Waals surface area (Å²) in [4.78, 5) is 37.7. The van der Waals surface area contributed by atoms with Gasteiger partial charge < -0.3 is 23.8 Å². The summed E-state index contributed by atoms with van der Waals surface area (Å²) < 4.78 is 20.1. The van der Waals surface area contributed by atoms with E-state index in [-0.39, 0.29) is 34.5 Å². The molecule has 1 fully saturated rings. The first kappa shape index (κ1) is 30.0. The van der Waals surface area contributed by atoms with Crippen LogP contribution in [0.2, 0.25) is 0 Å². The van der Waals surface area contributed by atoms with E-state index in [1.807, 2.05) is 17.8 Å². The van der Waals surface area contributed by atoms with E-state index in [0.29, 0.717) is 5.91 Å². The van der Waals surface area contributed by atoms with Crippen molar-refractivity contribution in [1.82, 2.24) is 4.90 Å². The first-order valence-electron chi connectivity index (χ1n) is 13.5. The van der Waals surface area contributed by atoms with Crippen molar-refractivity contribution in [2.24, 2.45) is 0 Å². The maximum atomic E-state index is 13.1. The Bertz CT molecular complexity index is 1370. The van der Waals surface area contributed by atoms with Crippen LogP contribution in [0.5, 0.6) is 23.0 Å². The van der Waals surface area contributed by atoms with Crippen LogP contribution < -0.4 is 18.9 Å². The molecule has 0 aliphatic carbocycles. The average Bonchev–Trinajstić information content (AvgIpc) is 3.33. The molecule has 8 nitrogen and oxygen atoms in total. The van der Waals surface area contributed by atoms with Crippen molar-refractivity contribution in [3.63, 3.8) is 0 Å². The second-order valence-electron chi connectivity index (χ2n) is 9.73. The van der Waals surface area contributed by atoms with Gasteiger partial charge in [-0.25, -0.2) is 4.79 Å². The lowest BCUT2D eigenvalue weighted by molar-refractivity contribution is -0.133. The van der Waals surface area contributed by atoms with Gasteiger partial charge in [-0.05, 0) is 30.9 Å². The molecule has 5 rings (SSSR count). The number of fused-ring (bicyclic) bond motifs is 2. The van der Waals surface area contributed by atoms with Crippen LogP contribution in [0.25, 0.3) is 0 Å². The largest absolute Gasteiger partial charge is 0.490 e. The highest BCUT2D eigenvalue weighted by Gasteiger charge is 2.34. The fourth-order valence-electron chi connectivity index (χ4n) is 4.80. The van der Waals surface area contributed by atoms with Gasteiger partial charge in [-0.2, -0.15) is 11.8 Å². The number of ether oxygens (including phenoxy) is 4. The molecule has 0 radical (unpaired) electrons. The van der Waals surface area contributed by atoms with Crippen molar-refractivity contribution >= 4 is 29.6 Å². The van der Waals surface area contributed by atoms with Crippen molar-refractivity contribution in [2.45, 2.75) is 32.6 Å². The Kier molecular flexibility index (Phi) is 10.3. The van der Waals surface area contributed by atoms with Crippen LogP contribution in [-0.2, 0) is 16.0 Å². The van der Waals surface area contributed by atoms with Crippen LogP contribution in [0.4, 0.5) is 0 Å². The minimum Gasteiger partial charge on any atom is -0.490 e. The number of carbonyl (C=O) groups is 3. The highest BCUT2D eigenvalue weighted by atomic mass is 32.2. The highest BCUT2D eigenvalue weighted by Crippen LogP contribution is 2.50. The molecule has 1 unspecified atom stereocenters. The van der Waals surface area contributed by atoms with Crippen molar-refractivity contribution in [3.05, 3.63) is 82.9 Å². The Morgan fingerprint density at radius 3 is 2.22 bits per heavy atom. The Morgan fingerprint density at radius 1 is 0.951 bits per heavy atom. The van der Waals surface area contributed by atoms with Crippen LogP contribution in [0.3, 0.4) is 0 Å². The molecule has 1 atom stereocenters. The molecule has 3 aromatic carbocycles. The maximum absolute atomic E-state index is 13.1. The standard InChI is InChI=1S/C21H25NOS.C11H10O6/c1-17-7-10-19(11-8-17)20(12-9-18-5-3-2-4-6-18)21(23)22-13-15-24-16-14-22;1-5(12)16-8-6-4-7(17-11(6)13)9(14-2)10(8)15-3/h2-8,10-11,20H,9,12-16H2,1H3;4H,1-3H3. The van der Waals surface area contributed by atoms with Gasteiger partial charge in [-0.3, -0.25) is 9.59 Å². The van der Waals surface area contributed by atoms with E-state index in [4.69, 9.17) is 18.9 Å². The molecule has 41 heavy (non-hydrogen) atoms. The summed E-state index contributed by atoms with van der Waals surface area (Å²) in [6, 6.07) is 20.4. The number of benzene rings is 3. The number of esters is 2.